The Kier molecular flexibility index (Phi) is 2.17. The zero-order valence-corrected chi connectivity index (χ0v) is 8.85. The molecule has 3 bridgehead atoms. The van der Waals surface area contributed by atoms with E-state index in [0.717, 1.165) is 6.16 Å². The summed E-state index contributed by atoms with van der Waals surface area (Å²) in [5.74, 6) is 0.117. The Balaban J connectivity index is 1.89. The molecule has 0 aliphatic carbocycles. The third-order valence-corrected chi connectivity index (χ3v) is 8.16. The van der Waals surface area contributed by atoms with Crippen LogP contribution in [0.3, 0.4) is 0 Å². The van der Waals surface area contributed by atoms with Crippen LogP contribution < -0.4 is 0 Å². The summed E-state index contributed by atoms with van der Waals surface area (Å²) in [5, 5.41) is 0. The highest BCUT2D eigenvalue weighted by Gasteiger charge is 2.50. The van der Waals surface area contributed by atoms with Gasteiger partial charge in [0, 0.05) is 0 Å². The average Bonchev–Trinajstić information content (AvgIpc) is 2.17. The van der Waals surface area contributed by atoms with Crippen LogP contribution in [0, 0.1) is 0 Å². The molecule has 0 radical (unpaired) electrons. The highest BCUT2D eigenvalue weighted by Crippen LogP contribution is 2.80. The summed E-state index contributed by atoms with van der Waals surface area (Å²) < 4.78 is 26.7. The van der Waals surface area contributed by atoms with Gasteiger partial charge in [-0.2, -0.15) is 0 Å². The molecule has 0 saturated carbocycles. The largest absolute Gasteiger partial charge is 0.344 e. The minimum Gasteiger partial charge on any atom is -0.298 e. The van der Waals surface area contributed by atoms with Crippen molar-refractivity contribution in [2.75, 3.05) is 6.16 Å². The van der Waals surface area contributed by atoms with Gasteiger partial charge in [0.2, 0.25) is 8.38 Å². The highest BCUT2D eigenvalue weighted by atomic mass is 31.3. The number of fused-ring (bicyclic) bond motifs is 2. The van der Waals surface area contributed by atoms with Crippen molar-refractivity contribution >= 4 is 34.4 Å². The van der Waals surface area contributed by atoms with E-state index in [1.165, 1.54) is 0 Å². The van der Waals surface area contributed by atoms with Crippen LogP contribution in [0.5, 0.6) is 0 Å². The van der Waals surface area contributed by atoms with E-state index in [4.69, 9.17) is 21.8 Å². The second-order valence-corrected chi connectivity index (χ2v) is 7.78. The normalized spacial score (nSPS) is 56.7. The topological polar surface area (TPSA) is 46.2 Å². The highest BCUT2D eigenvalue weighted by molar-refractivity contribution is 7.73. The van der Waals surface area contributed by atoms with Crippen molar-refractivity contribution in [2.45, 2.75) is 5.85 Å². The van der Waals surface area contributed by atoms with Crippen LogP contribution in [0.4, 0.5) is 0 Å². The Bertz CT molecular complexity index is 176. The van der Waals surface area contributed by atoms with Crippen molar-refractivity contribution in [2.24, 2.45) is 0 Å². The van der Waals surface area contributed by atoms with Crippen molar-refractivity contribution in [1.82, 2.24) is 0 Å². The van der Waals surface area contributed by atoms with Crippen LogP contribution in [0.15, 0.2) is 0 Å². The quantitative estimate of drug-likeness (QED) is 0.600. The van der Waals surface area contributed by atoms with Gasteiger partial charge in [0.15, 0.2) is 17.4 Å². The molecule has 62 valence electrons. The number of hydrogen-bond acceptors (Lipinski definition) is 5. The van der Waals surface area contributed by atoms with Gasteiger partial charge in [-0.1, -0.05) is 0 Å². The van der Waals surface area contributed by atoms with E-state index < -0.39 is 25.4 Å². The molecule has 5 nitrogen and oxygen atoms in total. The van der Waals surface area contributed by atoms with Gasteiger partial charge in [0.05, 0.1) is 6.16 Å². The molecule has 3 aliphatic rings. The predicted molar refractivity (Wildman–Crippen MR) is 43.2 cm³/mol. The van der Waals surface area contributed by atoms with Crippen LogP contribution in [0.2, 0.25) is 0 Å². The first-order chi connectivity index (χ1) is 5.42. The first-order valence-corrected chi connectivity index (χ1v) is 7.43. The fourth-order valence-corrected chi connectivity index (χ4v) is 8.26. The molecule has 3 heterocycles. The Labute approximate surface area is 68.8 Å². The van der Waals surface area contributed by atoms with Crippen LogP contribution in [0.25, 0.3) is 0 Å². The Morgan fingerprint density at radius 2 is 2.27 bits per heavy atom. The molecule has 3 fully saturated rings. The molecular formula is C2H4O5P4. The maximum absolute atomic E-state index is 5.38. The molecule has 0 aromatic heterocycles. The molecule has 0 aromatic rings. The van der Waals surface area contributed by atoms with Gasteiger partial charge in [0.1, 0.15) is 5.85 Å². The van der Waals surface area contributed by atoms with E-state index >= 15 is 0 Å². The van der Waals surface area contributed by atoms with E-state index in [9.17, 15) is 0 Å². The predicted octanol–water partition coefficient (Wildman–Crippen LogP) is 2.80. The number of rotatable bonds is 0. The van der Waals surface area contributed by atoms with Crippen molar-refractivity contribution in [1.29, 1.82) is 0 Å². The SMILES string of the molecule is C1C2OP3OP1OPOP2O3. The van der Waals surface area contributed by atoms with Crippen molar-refractivity contribution in [3.05, 3.63) is 0 Å². The van der Waals surface area contributed by atoms with Gasteiger partial charge in [-0.15, -0.1) is 0 Å². The third-order valence-electron chi connectivity index (χ3n) is 1.32. The maximum atomic E-state index is 5.38. The summed E-state index contributed by atoms with van der Waals surface area (Å²) in [6.45, 7) is 0. The van der Waals surface area contributed by atoms with Gasteiger partial charge < -0.3 is 0 Å². The van der Waals surface area contributed by atoms with Gasteiger partial charge in [-0.25, -0.2) is 0 Å². The van der Waals surface area contributed by atoms with E-state index in [0.29, 0.717) is 0 Å². The molecule has 0 N–H and O–H groups in total. The lowest BCUT2D eigenvalue weighted by Gasteiger charge is -2.21. The second-order valence-electron chi connectivity index (χ2n) is 2.01. The first kappa shape index (κ1) is 7.88. The number of hydrogen-bond donors (Lipinski definition) is 0. The fourth-order valence-electron chi connectivity index (χ4n) is 0.869. The summed E-state index contributed by atoms with van der Waals surface area (Å²) in [6.07, 6.45) is 0.812. The third kappa shape index (κ3) is 1.38. The molecule has 3 rings (SSSR count). The van der Waals surface area contributed by atoms with Crippen molar-refractivity contribution in [3.63, 3.8) is 0 Å². The van der Waals surface area contributed by atoms with Gasteiger partial charge >= 0.3 is 8.60 Å². The minimum atomic E-state index is -1.12. The molecular weight excluding hydrogens is 228 g/mol. The average molecular weight is 232 g/mol. The molecule has 9 heteroatoms. The molecule has 5 unspecified atom stereocenters. The molecule has 3 saturated heterocycles. The molecule has 0 aromatic carbocycles. The standard InChI is InChI=1S/C2H4O5P4/c1-2-3-11-6-9(1)4-8-5-10(2)7-11/h2,8H,1H2. The van der Waals surface area contributed by atoms with Crippen LogP contribution in [-0.4, -0.2) is 12.0 Å². The zero-order valence-electron chi connectivity index (χ0n) is 5.17. The van der Waals surface area contributed by atoms with Crippen molar-refractivity contribution in [3.8, 4) is 0 Å². The van der Waals surface area contributed by atoms with E-state index in [1.807, 2.05) is 0 Å². The van der Waals surface area contributed by atoms with Crippen LogP contribution >= 0.6 is 34.4 Å². The lowest BCUT2D eigenvalue weighted by Crippen LogP contribution is -2.09. The molecule has 11 heavy (non-hydrogen) atoms. The smallest absolute Gasteiger partial charge is 0.298 e. The Hall–Kier alpha value is 1.52. The fraction of sp³-hybridized carbons (Fsp3) is 1.00. The summed E-state index contributed by atoms with van der Waals surface area (Å²) in [7, 11) is -2.68. The van der Waals surface area contributed by atoms with E-state index in [1.54, 1.807) is 0 Å². The molecule has 3 aliphatic heterocycles. The summed E-state index contributed by atoms with van der Waals surface area (Å²) in [4.78, 5) is 0. The summed E-state index contributed by atoms with van der Waals surface area (Å²) in [6, 6.07) is 0. The molecule has 0 amide bonds. The Morgan fingerprint density at radius 1 is 1.27 bits per heavy atom. The van der Waals surface area contributed by atoms with Gasteiger partial charge in [-0.05, 0) is 0 Å². The second kappa shape index (κ2) is 3.03. The first-order valence-electron chi connectivity index (χ1n) is 2.90. The lowest BCUT2D eigenvalue weighted by molar-refractivity contribution is 0.275. The lowest BCUT2D eigenvalue weighted by atomic mass is 10.9. The molecule has 5 atom stereocenters. The minimum absolute atomic E-state index is 0.0641. The Morgan fingerprint density at radius 3 is 3.27 bits per heavy atom. The van der Waals surface area contributed by atoms with Crippen molar-refractivity contribution < 1.29 is 21.8 Å². The van der Waals surface area contributed by atoms with Crippen LogP contribution in [0.1, 0.15) is 0 Å². The summed E-state index contributed by atoms with van der Waals surface area (Å²) in [5.41, 5.74) is 0. The van der Waals surface area contributed by atoms with Gasteiger partial charge in [0.25, 0.3) is 0 Å². The van der Waals surface area contributed by atoms with E-state index in [-0.39, 0.29) is 14.9 Å². The van der Waals surface area contributed by atoms with Crippen LogP contribution in [-0.2, 0) is 21.8 Å². The molecule has 0 spiro atoms. The van der Waals surface area contributed by atoms with Gasteiger partial charge in [-0.3, -0.25) is 21.8 Å². The summed E-state index contributed by atoms with van der Waals surface area (Å²) >= 11 is 0. The monoisotopic (exact) mass is 232 g/mol. The maximum Gasteiger partial charge on any atom is 0.344 e. The zero-order chi connectivity index (χ0) is 7.26. The van der Waals surface area contributed by atoms with E-state index in [2.05, 4.69) is 0 Å².